The van der Waals surface area contributed by atoms with Crippen molar-refractivity contribution in [1.82, 2.24) is 0 Å². The maximum atomic E-state index is 12.8. The Balaban J connectivity index is 1.71. The van der Waals surface area contributed by atoms with E-state index in [1.165, 1.54) is 23.9 Å². The number of thioether (sulfide) groups is 1. The molecule has 3 aromatic rings. The number of ether oxygens (including phenoxy) is 1. The van der Waals surface area contributed by atoms with E-state index in [0.717, 1.165) is 4.90 Å². The lowest BCUT2D eigenvalue weighted by molar-refractivity contribution is -0.120. The van der Waals surface area contributed by atoms with E-state index in [4.69, 9.17) is 16.3 Å². The molecule has 0 heterocycles. The summed E-state index contributed by atoms with van der Waals surface area (Å²) in [7, 11) is -3.46. The van der Waals surface area contributed by atoms with Crippen LogP contribution in [0.2, 0.25) is 5.02 Å². The van der Waals surface area contributed by atoms with E-state index in [2.05, 4.69) is 5.32 Å². The lowest BCUT2D eigenvalue weighted by Crippen LogP contribution is -2.15. The second kappa shape index (κ2) is 10.7. The molecule has 9 heteroatoms. The average Bonchev–Trinajstić information content (AvgIpc) is 2.76. The van der Waals surface area contributed by atoms with Gasteiger partial charge in [0.1, 0.15) is 5.75 Å². The van der Waals surface area contributed by atoms with Crippen molar-refractivity contribution in [3.8, 4) is 5.75 Å². The SMILES string of the molecule is Cc1cccc(C(=O)Nc2ccccc2SCCS(=O)(=O)c2ccc(Cl)cc2)c1OC=O. The smallest absolute Gasteiger partial charge is 0.298 e. The minimum Gasteiger partial charge on any atom is -0.428 e. The zero-order chi connectivity index (χ0) is 23.1. The fourth-order valence-corrected chi connectivity index (χ4v) is 5.74. The van der Waals surface area contributed by atoms with Crippen molar-refractivity contribution in [3.63, 3.8) is 0 Å². The van der Waals surface area contributed by atoms with Gasteiger partial charge in [-0.1, -0.05) is 35.9 Å². The highest BCUT2D eigenvalue weighted by Gasteiger charge is 2.18. The topological polar surface area (TPSA) is 89.5 Å². The summed E-state index contributed by atoms with van der Waals surface area (Å²) in [5, 5.41) is 3.29. The van der Waals surface area contributed by atoms with Gasteiger partial charge in [0.15, 0.2) is 9.84 Å². The first kappa shape index (κ1) is 23.8. The Morgan fingerprint density at radius 3 is 2.50 bits per heavy atom. The van der Waals surface area contributed by atoms with E-state index < -0.39 is 15.7 Å². The molecule has 0 saturated heterocycles. The molecule has 1 amide bonds. The summed E-state index contributed by atoms with van der Waals surface area (Å²) >= 11 is 7.15. The van der Waals surface area contributed by atoms with Gasteiger partial charge in [0.05, 0.1) is 21.9 Å². The normalized spacial score (nSPS) is 11.1. The van der Waals surface area contributed by atoms with Crippen molar-refractivity contribution < 1.29 is 22.7 Å². The Morgan fingerprint density at radius 2 is 1.78 bits per heavy atom. The second-order valence-electron chi connectivity index (χ2n) is 6.74. The van der Waals surface area contributed by atoms with E-state index in [9.17, 15) is 18.0 Å². The molecular weight excluding hydrogens is 470 g/mol. The molecule has 0 aliphatic rings. The fourth-order valence-electron chi connectivity index (χ4n) is 2.94. The van der Waals surface area contributed by atoms with Crippen LogP contribution in [0.5, 0.6) is 5.75 Å². The second-order valence-corrected chi connectivity index (χ2v) is 10.4. The van der Waals surface area contributed by atoms with Gasteiger partial charge in [-0.05, 0) is 55.0 Å². The Bertz CT molecular complexity index is 1230. The molecular formula is C23H20ClNO5S2. The Hall–Kier alpha value is -2.81. The average molecular weight is 490 g/mol. The Morgan fingerprint density at radius 1 is 1.06 bits per heavy atom. The van der Waals surface area contributed by atoms with Gasteiger partial charge in [-0.25, -0.2) is 8.42 Å². The quantitative estimate of drug-likeness (QED) is 0.336. The zero-order valence-corrected chi connectivity index (χ0v) is 19.5. The molecule has 32 heavy (non-hydrogen) atoms. The Kier molecular flexibility index (Phi) is 7.95. The van der Waals surface area contributed by atoms with Gasteiger partial charge in [-0.3, -0.25) is 9.59 Å². The first-order valence-electron chi connectivity index (χ1n) is 9.53. The molecule has 0 saturated carbocycles. The molecule has 0 atom stereocenters. The summed E-state index contributed by atoms with van der Waals surface area (Å²) < 4.78 is 30.1. The number of hydrogen-bond donors (Lipinski definition) is 1. The van der Waals surface area contributed by atoms with E-state index in [1.807, 2.05) is 0 Å². The summed E-state index contributed by atoms with van der Waals surface area (Å²) in [5.74, 6) is -0.0231. The van der Waals surface area contributed by atoms with Gasteiger partial charge in [0.25, 0.3) is 12.4 Å². The number of carbonyl (C=O) groups excluding carboxylic acids is 2. The zero-order valence-electron chi connectivity index (χ0n) is 17.1. The van der Waals surface area contributed by atoms with Crippen LogP contribution >= 0.6 is 23.4 Å². The van der Waals surface area contributed by atoms with Crippen molar-refractivity contribution in [1.29, 1.82) is 0 Å². The number of hydrogen-bond acceptors (Lipinski definition) is 6. The minimum atomic E-state index is -3.46. The number of sulfone groups is 1. The van der Waals surface area contributed by atoms with Crippen LogP contribution in [0, 0.1) is 6.92 Å². The number of aryl methyl sites for hydroxylation is 1. The van der Waals surface area contributed by atoms with Crippen LogP contribution in [-0.4, -0.2) is 32.3 Å². The molecule has 166 valence electrons. The lowest BCUT2D eigenvalue weighted by Gasteiger charge is -2.13. The van der Waals surface area contributed by atoms with E-state index >= 15 is 0 Å². The van der Waals surface area contributed by atoms with Gasteiger partial charge in [-0.15, -0.1) is 11.8 Å². The van der Waals surface area contributed by atoms with Gasteiger partial charge >= 0.3 is 0 Å². The molecule has 6 nitrogen and oxygen atoms in total. The van der Waals surface area contributed by atoms with Crippen LogP contribution in [0.1, 0.15) is 15.9 Å². The number of benzene rings is 3. The number of halogens is 1. The molecule has 0 bridgehead atoms. The number of amides is 1. The molecule has 0 aromatic heterocycles. The first-order chi connectivity index (χ1) is 15.3. The highest BCUT2D eigenvalue weighted by molar-refractivity contribution is 8.00. The standard InChI is InChI=1S/C23H20ClNO5S2/c1-16-5-4-6-19(22(16)30-15-26)23(27)25-20-7-2-3-8-21(20)31-13-14-32(28,29)18-11-9-17(24)10-12-18/h2-12,15H,13-14H2,1H3,(H,25,27). The van der Waals surface area contributed by atoms with Crippen LogP contribution in [0.4, 0.5) is 5.69 Å². The lowest BCUT2D eigenvalue weighted by atomic mass is 10.1. The third kappa shape index (κ3) is 5.91. The summed E-state index contributed by atoms with van der Waals surface area (Å²) in [6.45, 7) is 2.02. The molecule has 0 radical (unpaired) electrons. The monoisotopic (exact) mass is 489 g/mol. The number of anilines is 1. The van der Waals surface area contributed by atoms with Crippen LogP contribution in [0.3, 0.4) is 0 Å². The third-order valence-electron chi connectivity index (χ3n) is 4.54. The van der Waals surface area contributed by atoms with Gasteiger partial charge < -0.3 is 10.1 Å². The molecule has 0 aliphatic heterocycles. The molecule has 0 fully saturated rings. The molecule has 0 spiro atoms. The highest BCUT2D eigenvalue weighted by Crippen LogP contribution is 2.30. The van der Waals surface area contributed by atoms with Crippen molar-refractivity contribution in [2.24, 2.45) is 0 Å². The molecule has 0 aliphatic carbocycles. The molecule has 3 aromatic carbocycles. The number of nitrogens with one attached hydrogen (secondary N) is 1. The van der Waals surface area contributed by atoms with Crippen molar-refractivity contribution in [2.75, 3.05) is 16.8 Å². The number of para-hydroxylation sites is 2. The van der Waals surface area contributed by atoms with E-state index in [-0.39, 0.29) is 28.4 Å². The highest BCUT2D eigenvalue weighted by atomic mass is 35.5. The maximum absolute atomic E-state index is 12.8. The van der Waals surface area contributed by atoms with Crippen molar-refractivity contribution in [2.45, 2.75) is 16.7 Å². The van der Waals surface area contributed by atoms with Crippen molar-refractivity contribution >= 4 is 51.3 Å². The van der Waals surface area contributed by atoms with Gasteiger partial charge in [-0.2, -0.15) is 0 Å². The summed E-state index contributed by atoms with van der Waals surface area (Å²) in [5.41, 5.74) is 1.41. The van der Waals surface area contributed by atoms with E-state index in [1.54, 1.807) is 61.5 Å². The maximum Gasteiger partial charge on any atom is 0.298 e. The van der Waals surface area contributed by atoms with Crippen molar-refractivity contribution in [3.05, 3.63) is 82.9 Å². The Labute approximate surface area is 195 Å². The number of rotatable bonds is 9. The largest absolute Gasteiger partial charge is 0.428 e. The van der Waals surface area contributed by atoms with Crippen LogP contribution in [-0.2, 0) is 14.6 Å². The van der Waals surface area contributed by atoms with Gasteiger partial charge in [0, 0.05) is 15.7 Å². The molecule has 3 rings (SSSR count). The fraction of sp³-hybridized carbons (Fsp3) is 0.130. The first-order valence-corrected chi connectivity index (χ1v) is 12.5. The minimum absolute atomic E-state index is 0.0726. The summed E-state index contributed by atoms with van der Waals surface area (Å²) in [6, 6.07) is 18.1. The van der Waals surface area contributed by atoms with Crippen LogP contribution < -0.4 is 10.1 Å². The van der Waals surface area contributed by atoms with Gasteiger partial charge in [0.2, 0.25) is 0 Å². The van der Waals surface area contributed by atoms with E-state index in [0.29, 0.717) is 22.0 Å². The predicted octanol–water partition coefficient (Wildman–Crippen LogP) is 5.00. The predicted molar refractivity (Wildman–Crippen MR) is 126 cm³/mol. The third-order valence-corrected chi connectivity index (χ3v) is 7.86. The van der Waals surface area contributed by atoms with Crippen LogP contribution in [0.15, 0.2) is 76.5 Å². The summed E-state index contributed by atoms with van der Waals surface area (Å²) in [4.78, 5) is 24.6. The van der Waals surface area contributed by atoms with Crippen LogP contribution in [0.25, 0.3) is 0 Å². The molecule has 0 unspecified atom stereocenters. The summed E-state index contributed by atoms with van der Waals surface area (Å²) in [6.07, 6.45) is 0. The number of carbonyl (C=O) groups is 2. The molecule has 1 N–H and O–H groups in total.